The van der Waals surface area contributed by atoms with Crippen LogP contribution < -0.4 is 4.90 Å². The van der Waals surface area contributed by atoms with Crippen molar-refractivity contribution in [3.63, 3.8) is 0 Å². The number of amides is 1. The standard InChI is InChI=1S/C24H26FN3O/c1-19-5-4-6-20(17-19)23(27-11-2-3-12-27)18-24(29)28-15-13-26(14-16-28)22-9-7-21(25)8-10-22/h2-12,17,23H,13-16,18H2,1H3/t23-/m1/s1. The molecule has 3 aromatic rings. The van der Waals surface area contributed by atoms with Crippen molar-refractivity contribution < 1.29 is 9.18 Å². The van der Waals surface area contributed by atoms with Crippen molar-refractivity contribution in [3.8, 4) is 0 Å². The molecule has 2 aromatic carbocycles. The van der Waals surface area contributed by atoms with Crippen LogP contribution >= 0.6 is 0 Å². The third-order valence-electron chi connectivity index (χ3n) is 5.61. The zero-order valence-corrected chi connectivity index (χ0v) is 16.7. The molecule has 1 aliphatic heterocycles. The molecule has 0 radical (unpaired) electrons. The molecule has 0 unspecified atom stereocenters. The zero-order chi connectivity index (χ0) is 20.2. The van der Waals surface area contributed by atoms with E-state index in [0.29, 0.717) is 19.5 Å². The van der Waals surface area contributed by atoms with Gasteiger partial charge in [0.2, 0.25) is 5.91 Å². The summed E-state index contributed by atoms with van der Waals surface area (Å²) in [4.78, 5) is 17.2. The fourth-order valence-electron chi connectivity index (χ4n) is 3.99. The molecule has 1 aromatic heterocycles. The number of nitrogens with zero attached hydrogens (tertiary/aromatic N) is 3. The molecule has 29 heavy (non-hydrogen) atoms. The minimum Gasteiger partial charge on any atom is -0.368 e. The Morgan fingerprint density at radius 2 is 1.66 bits per heavy atom. The largest absolute Gasteiger partial charge is 0.368 e. The van der Waals surface area contributed by atoms with Gasteiger partial charge < -0.3 is 14.4 Å². The van der Waals surface area contributed by atoms with Gasteiger partial charge in [-0.2, -0.15) is 0 Å². The highest BCUT2D eigenvalue weighted by atomic mass is 19.1. The molecule has 1 saturated heterocycles. The van der Waals surface area contributed by atoms with Crippen LogP contribution in [0.25, 0.3) is 0 Å². The van der Waals surface area contributed by atoms with Crippen LogP contribution in [0.3, 0.4) is 0 Å². The molecule has 2 heterocycles. The molecule has 1 amide bonds. The number of benzene rings is 2. The van der Waals surface area contributed by atoms with Crippen LogP contribution in [0.2, 0.25) is 0 Å². The van der Waals surface area contributed by atoms with Crippen molar-refractivity contribution in [3.05, 3.63) is 90.0 Å². The summed E-state index contributed by atoms with van der Waals surface area (Å²) in [5.74, 6) is -0.0567. The number of aromatic nitrogens is 1. The maximum Gasteiger partial charge on any atom is 0.225 e. The first-order valence-corrected chi connectivity index (χ1v) is 10.1. The summed E-state index contributed by atoms with van der Waals surface area (Å²) >= 11 is 0. The number of halogens is 1. The molecule has 0 spiro atoms. The molecule has 5 heteroatoms. The fraction of sp³-hybridized carbons (Fsp3) is 0.292. The van der Waals surface area contributed by atoms with Gasteiger partial charge in [-0.3, -0.25) is 4.79 Å². The fourth-order valence-corrected chi connectivity index (χ4v) is 3.99. The molecule has 0 N–H and O–H groups in total. The lowest BCUT2D eigenvalue weighted by atomic mass is 10.0. The van der Waals surface area contributed by atoms with Crippen LogP contribution in [0.15, 0.2) is 73.1 Å². The number of aryl methyl sites for hydroxylation is 1. The number of piperazine rings is 1. The SMILES string of the molecule is Cc1cccc([C@@H](CC(=O)N2CCN(c3ccc(F)cc3)CC2)n2cccc2)c1. The zero-order valence-electron chi connectivity index (χ0n) is 16.7. The third-order valence-corrected chi connectivity index (χ3v) is 5.61. The van der Waals surface area contributed by atoms with E-state index in [2.05, 4.69) is 34.6 Å². The Labute approximate surface area is 171 Å². The molecule has 4 rings (SSSR count). The van der Waals surface area contributed by atoms with E-state index in [1.165, 1.54) is 17.7 Å². The number of anilines is 1. The first-order chi connectivity index (χ1) is 14.1. The normalized spacial score (nSPS) is 15.4. The summed E-state index contributed by atoms with van der Waals surface area (Å²) in [7, 11) is 0. The molecule has 150 valence electrons. The van der Waals surface area contributed by atoms with Gasteiger partial charge in [0.25, 0.3) is 0 Å². The molecule has 1 atom stereocenters. The summed E-state index contributed by atoms with van der Waals surface area (Å²) in [6.45, 7) is 4.96. The summed E-state index contributed by atoms with van der Waals surface area (Å²) in [6, 6.07) is 18.9. The van der Waals surface area contributed by atoms with Crippen molar-refractivity contribution in [1.82, 2.24) is 9.47 Å². The van der Waals surface area contributed by atoms with Gasteiger partial charge in [-0.1, -0.05) is 29.8 Å². The van der Waals surface area contributed by atoms with E-state index in [9.17, 15) is 9.18 Å². The van der Waals surface area contributed by atoms with Crippen LogP contribution in [-0.2, 0) is 4.79 Å². The van der Waals surface area contributed by atoms with Crippen LogP contribution in [0.5, 0.6) is 0 Å². The molecule has 0 saturated carbocycles. The molecular formula is C24H26FN3O. The lowest BCUT2D eigenvalue weighted by molar-refractivity contribution is -0.132. The molecule has 0 bridgehead atoms. The molecule has 4 nitrogen and oxygen atoms in total. The number of rotatable bonds is 5. The maximum absolute atomic E-state index is 13.2. The number of carbonyl (C=O) groups is 1. The Morgan fingerprint density at radius 1 is 0.966 bits per heavy atom. The van der Waals surface area contributed by atoms with E-state index in [1.54, 1.807) is 12.1 Å². The van der Waals surface area contributed by atoms with E-state index in [0.717, 1.165) is 24.3 Å². The predicted molar refractivity (Wildman–Crippen MR) is 114 cm³/mol. The summed E-state index contributed by atoms with van der Waals surface area (Å²) in [5.41, 5.74) is 3.35. The quantitative estimate of drug-likeness (QED) is 0.650. The van der Waals surface area contributed by atoms with Gasteiger partial charge in [0.05, 0.1) is 12.5 Å². The Morgan fingerprint density at radius 3 is 2.31 bits per heavy atom. The van der Waals surface area contributed by atoms with Crippen molar-refractivity contribution in [2.45, 2.75) is 19.4 Å². The summed E-state index contributed by atoms with van der Waals surface area (Å²) in [5, 5.41) is 0. The highest BCUT2D eigenvalue weighted by Crippen LogP contribution is 2.25. The Hall–Kier alpha value is -3.08. The van der Waals surface area contributed by atoms with E-state index in [4.69, 9.17) is 0 Å². The predicted octanol–water partition coefficient (Wildman–Crippen LogP) is 4.26. The van der Waals surface area contributed by atoms with Gasteiger partial charge in [0, 0.05) is 44.3 Å². The minimum atomic E-state index is -0.227. The van der Waals surface area contributed by atoms with Crippen molar-refractivity contribution in [1.29, 1.82) is 0 Å². The van der Waals surface area contributed by atoms with Gasteiger partial charge in [-0.15, -0.1) is 0 Å². The lowest BCUT2D eigenvalue weighted by Gasteiger charge is -2.37. The van der Waals surface area contributed by atoms with E-state index in [1.807, 2.05) is 35.5 Å². The van der Waals surface area contributed by atoms with Crippen LogP contribution in [-0.4, -0.2) is 41.6 Å². The van der Waals surface area contributed by atoms with Gasteiger partial charge in [-0.05, 0) is 48.9 Å². The summed E-state index contributed by atoms with van der Waals surface area (Å²) < 4.78 is 15.3. The Kier molecular flexibility index (Phi) is 5.65. The second kappa shape index (κ2) is 8.52. The lowest BCUT2D eigenvalue weighted by Crippen LogP contribution is -2.49. The van der Waals surface area contributed by atoms with Gasteiger partial charge >= 0.3 is 0 Å². The Balaban J connectivity index is 1.43. The van der Waals surface area contributed by atoms with Crippen molar-refractivity contribution >= 4 is 11.6 Å². The first kappa shape index (κ1) is 19.2. The van der Waals surface area contributed by atoms with Crippen molar-refractivity contribution in [2.75, 3.05) is 31.1 Å². The minimum absolute atomic E-state index is 0.00692. The number of carbonyl (C=O) groups excluding carboxylic acids is 1. The maximum atomic E-state index is 13.2. The molecule has 1 fully saturated rings. The van der Waals surface area contributed by atoms with E-state index < -0.39 is 0 Å². The second-order valence-electron chi connectivity index (χ2n) is 7.61. The second-order valence-corrected chi connectivity index (χ2v) is 7.61. The van der Waals surface area contributed by atoms with Crippen LogP contribution in [0.4, 0.5) is 10.1 Å². The first-order valence-electron chi connectivity index (χ1n) is 10.1. The van der Waals surface area contributed by atoms with Crippen LogP contribution in [0.1, 0.15) is 23.6 Å². The molecular weight excluding hydrogens is 365 g/mol. The van der Waals surface area contributed by atoms with Crippen LogP contribution in [0, 0.1) is 12.7 Å². The highest BCUT2D eigenvalue weighted by Gasteiger charge is 2.25. The van der Waals surface area contributed by atoms with E-state index >= 15 is 0 Å². The van der Waals surface area contributed by atoms with Gasteiger partial charge in [-0.25, -0.2) is 4.39 Å². The molecule has 0 aliphatic carbocycles. The highest BCUT2D eigenvalue weighted by molar-refractivity contribution is 5.77. The topological polar surface area (TPSA) is 28.5 Å². The number of hydrogen-bond donors (Lipinski definition) is 0. The third kappa shape index (κ3) is 4.50. The summed E-state index contributed by atoms with van der Waals surface area (Å²) in [6.07, 6.45) is 4.48. The van der Waals surface area contributed by atoms with Crippen molar-refractivity contribution in [2.24, 2.45) is 0 Å². The number of hydrogen-bond acceptors (Lipinski definition) is 2. The average Bonchev–Trinajstić information content (AvgIpc) is 3.27. The molecule has 1 aliphatic rings. The van der Waals surface area contributed by atoms with E-state index in [-0.39, 0.29) is 17.8 Å². The average molecular weight is 391 g/mol. The smallest absolute Gasteiger partial charge is 0.225 e. The van der Waals surface area contributed by atoms with Gasteiger partial charge in [0.15, 0.2) is 0 Å². The van der Waals surface area contributed by atoms with Gasteiger partial charge in [0.1, 0.15) is 5.82 Å². The monoisotopic (exact) mass is 391 g/mol. The Bertz CT molecular complexity index is 945.